The first-order valence-electron chi connectivity index (χ1n) is 53.8. The Balaban J connectivity index is 4.58. The Morgan fingerprint density at radius 3 is 0.641 bits per heavy atom. The molecule has 16 nitrogen and oxygen atoms in total. The van der Waals surface area contributed by atoms with E-state index in [0.29, 0.717) is 19.3 Å². The van der Waals surface area contributed by atoms with Crippen molar-refractivity contribution in [2.24, 2.45) is 0 Å². The molecule has 0 amide bonds. The molecule has 0 heterocycles. The van der Waals surface area contributed by atoms with E-state index in [1.54, 1.807) is 0 Å². The SMILES string of the molecule is CC/C=C\C/C=C\C/C=C\C/C=C\C/C=C\CCCCCCCCCCCCCCCC(=O)OC(COC(=O)CCCCCCCCCCCCCCCCC/C=C\C/C=C\C/C=C\C/C=C\CCCCC)COP(=O)(O)OCC(O)COP(=O)(O)OCC(O)COC(=O)CCCCCCCCCCCCCCCCCCCCC/C=C\C/C=C\C/C=C\C/C=C\CCCCC. The number of ether oxygens (including phenoxy) is 3. The van der Waals surface area contributed by atoms with Crippen molar-refractivity contribution in [3.8, 4) is 0 Å². The smallest absolute Gasteiger partial charge is 0.463 e. The van der Waals surface area contributed by atoms with Crippen LogP contribution in [0.2, 0.25) is 0 Å². The number of phosphoric acid groups is 2. The van der Waals surface area contributed by atoms with Crippen LogP contribution in [0.4, 0.5) is 0 Å². The molecule has 0 spiro atoms. The molecule has 0 aliphatic heterocycles. The van der Waals surface area contributed by atoms with Gasteiger partial charge in [-0.25, -0.2) is 9.13 Å². The lowest BCUT2D eigenvalue weighted by molar-refractivity contribution is -0.161. The molecule has 4 N–H and O–H groups in total. The summed E-state index contributed by atoms with van der Waals surface area (Å²) >= 11 is 0. The first-order chi connectivity index (χ1) is 64.2. The fourth-order valence-electron chi connectivity index (χ4n) is 15.1. The predicted octanol–water partition coefficient (Wildman–Crippen LogP) is 34.4. The van der Waals surface area contributed by atoms with E-state index in [4.69, 9.17) is 32.3 Å². The zero-order valence-corrected chi connectivity index (χ0v) is 85.8. The van der Waals surface area contributed by atoms with Gasteiger partial charge in [0.05, 0.1) is 26.4 Å². The highest BCUT2D eigenvalue weighted by Crippen LogP contribution is 2.45. The summed E-state index contributed by atoms with van der Waals surface area (Å²) < 4.78 is 61.8. The number of esters is 3. The van der Waals surface area contributed by atoms with Crippen LogP contribution in [-0.4, -0.2) is 95.9 Å². The summed E-state index contributed by atoms with van der Waals surface area (Å²) in [6.45, 7) is 2.61. The summed E-state index contributed by atoms with van der Waals surface area (Å²) in [6.07, 6.45) is 136. The van der Waals surface area contributed by atoms with Gasteiger partial charge in [-0.2, -0.15) is 0 Å². The normalized spacial score (nSPS) is 14.2. The molecule has 0 saturated heterocycles. The van der Waals surface area contributed by atoms with Crippen LogP contribution in [0.5, 0.6) is 0 Å². The molecule has 0 aromatic rings. The molecule has 0 aliphatic rings. The largest absolute Gasteiger partial charge is 0.472 e. The van der Waals surface area contributed by atoms with Gasteiger partial charge in [0.15, 0.2) is 6.10 Å². The van der Waals surface area contributed by atoms with Crippen molar-refractivity contribution in [3.05, 3.63) is 158 Å². The van der Waals surface area contributed by atoms with E-state index in [-0.39, 0.29) is 19.3 Å². The minimum absolute atomic E-state index is 0.101. The molecule has 0 saturated carbocycles. The fraction of sp³-hybridized carbons (Fsp3) is 0.743. The second-order valence-electron chi connectivity index (χ2n) is 36.0. The van der Waals surface area contributed by atoms with Gasteiger partial charge in [0.25, 0.3) is 0 Å². The number of aliphatic hydroxyl groups is 2. The summed E-state index contributed by atoms with van der Waals surface area (Å²) in [5.41, 5.74) is 0. The number of carbonyl (C=O) groups is 3. The Morgan fingerprint density at radius 2 is 0.405 bits per heavy atom. The zero-order chi connectivity index (χ0) is 95.0. The van der Waals surface area contributed by atoms with Crippen LogP contribution < -0.4 is 0 Å². The van der Waals surface area contributed by atoms with E-state index in [0.717, 1.165) is 141 Å². The van der Waals surface area contributed by atoms with Gasteiger partial charge >= 0.3 is 33.6 Å². The van der Waals surface area contributed by atoms with E-state index in [1.807, 2.05) is 0 Å². The molecule has 0 aromatic carbocycles. The van der Waals surface area contributed by atoms with Crippen LogP contribution >= 0.6 is 15.6 Å². The first-order valence-corrected chi connectivity index (χ1v) is 56.8. The molecule has 0 aliphatic carbocycles. The van der Waals surface area contributed by atoms with Crippen molar-refractivity contribution < 1.29 is 75.8 Å². The van der Waals surface area contributed by atoms with Gasteiger partial charge in [0.1, 0.15) is 25.4 Å². The average molecular weight is 1870 g/mol. The lowest BCUT2D eigenvalue weighted by atomic mass is 10.0. The van der Waals surface area contributed by atoms with E-state index < -0.39 is 91.5 Å². The van der Waals surface area contributed by atoms with Gasteiger partial charge in [-0.15, -0.1) is 0 Å². The highest BCUT2D eigenvalue weighted by Gasteiger charge is 2.30. The van der Waals surface area contributed by atoms with Crippen molar-refractivity contribution in [3.63, 3.8) is 0 Å². The molecule has 18 heteroatoms. The number of rotatable bonds is 102. The molecule has 0 aromatic heterocycles. The lowest BCUT2D eigenvalue weighted by Crippen LogP contribution is -2.30. The third-order valence-electron chi connectivity index (χ3n) is 23.2. The average Bonchev–Trinajstić information content (AvgIpc) is 0.896. The number of phosphoric ester groups is 2. The van der Waals surface area contributed by atoms with Crippen LogP contribution in [0.25, 0.3) is 0 Å². The van der Waals surface area contributed by atoms with Crippen LogP contribution in [-0.2, 0) is 55.8 Å². The van der Waals surface area contributed by atoms with E-state index >= 15 is 0 Å². The highest BCUT2D eigenvalue weighted by atomic mass is 31.2. The summed E-state index contributed by atoms with van der Waals surface area (Å²) in [4.78, 5) is 59.3. The molecule has 0 bridgehead atoms. The third kappa shape index (κ3) is 105. The molecule has 0 fully saturated rings. The maximum Gasteiger partial charge on any atom is 0.472 e. The van der Waals surface area contributed by atoms with Crippen LogP contribution in [0.1, 0.15) is 483 Å². The van der Waals surface area contributed by atoms with Crippen LogP contribution in [0.15, 0.2) is 158 Å². The monoisotopic (exact) mass is 1870 g/mol. The fourth-order valence-corrected chi connectivity index (χ4v) is 16.7. The number of aliphatic hydroxyl groups excluding tert-OH is 2. The van der Waals surface area contributed by atoms with E-state index in [1.165, 1.54) is 283 Å². The van der Waals surface area contributed by atoms with Crippen molar-refractivity contribution in [2.45, 2.75) is 501 Å². The van der Waals surface area contributed by atoms with Crippen molar-refractivity contribution in [1.82, 2.24) is 0 Å². The lowest BCUT2D eigenvalue weighted by Gasteiger charge is -2.21. The van der Waals surface area contributed by atoms with Gasteiger partial charge in [-0.1, -0.05) is 468 Å². The molecule has 756 valence electrons. The van der Waals surface area contributed by atoms with E-state index in [9.17, 15) is 43.5 Å². The maximum absolute atomic E-state index is 13.1. The molecule has 5 atom stereocenters. The topological polar surface area (TPSA) is 231 Å². The summed E-state index contributed by atoms with van der Waals surface area (Å²) in [5.74, 6) is -1.55. The van der Waals surface area contributed by atoms with Crippen LogP contribution in [0, 0.1) is 0 Å². The Kier molecular flexibility index (Phi) is 100. The minimum atomic E-state index is -4.95. The summed E-state index contributed by atoms with van der Waals surface area (Å²) in [7, 11) is -9.82. The molecular formula is C113H198O16P2. The summed E-state index contributed by atoms with van der Waals surface area (Å²) in [6, 6.07) is 0. The van der Waals surface area contributed by atoms with E-state index in [2.05, 4.69) is 179 Å². The van der Waals surface area contributed by atoms with Gasteiger partial charge in [-0.05, 0) is 154 Å². The number of hydrogen-bond donors (Lipinski definition) is 4. The van der Waals surface area contributed by atoms with Crippen molar-refractivity contribution in [1.29, 1.82) is 0 Å². The molecular weight excluding hydrogens is 1680 g/mol. The molecule has 5 unspecified atom stereocenters. The van der Waals surface area contributed by atoms with Gasteiger partial charge in [-0.3, -0.25) is 32.5 Å². The first kappa shape index (κ1) is 126. The van der Waals surface area contributed by atoms with Gasteiger partial charge in [0.2, 0.25) is 0 Å². The predicted molar refractivity (Wildman–Crippen MR) is 556 cm³/mol. The second-order valence-corrected chi connectivity index (χ2v) is 38.9. The highest BCUT2D eigenvalue weighted by molar-refractivity contribution is 7.47. The van der Waals surface area contributed by atoms with Crippen molar-refractivity contribution >= 4 is 33.6 Å². The van der Waals surface area contributed by atoms with Crippen molar-refractivity contribution in [2.75, 3.05) is 39.6 Å². The number of carbonyl (C=O) groups excluding carboxylic acids is 3. The third-order valence-corrected chi connectivity index (χ3v) is 25.1. The molecule has 131 heavy (non-hydrogen) atoms. The van der Waals surface area contributed by atoms with Gasteiger partial charge < -0.3 is 34.2 Å². The van der Waals surface area contributed by atoms with Gasteiger partial charge in [0, 0.05) is 19.3 Å². The zero-order valence-electron chi connectivity index (χ0n) is 84.0. The Bertz CT molecular complexity index is 3010. The second kappa shape index (κ2) is 104. The van der Waals surface area contributed by atoms with Crippen LogP contribution in [0.3, 0.4) is 0 Å². The number of allylic oxidation sites excluding steroid dienone is 26. The Hall–Kier alpha value is -4.83. The molecule has 0 radical (unpaired) electrons. The number of unbranched alkanes of at least 4 members (excludes halogenated alkanes) is 53. The summed E-state index contributed by atoms with van der Waals surface area (Å²) in [5, 5.41) is 20.8. The Labute approximate surface area is 803 Å². The Morgan fingerprint density at radius 1 is 0.221 bits per heavy atom. The number of hydrogen-bond acceptors (Lipinski definition) is 14. The minimum Gasteiger partial charge on any atom is -0.463 e. The maximum atomic E-state index is 13.1. The quantitative estimate of drug-likeness (QED) is 0.0146. The standard InChI is InChI=1S/C113H198O16P2/c1-4-7-10-13-16-19-22-25-28-31-34-37-40-43-46-49-51-52-53-54-56-59-60-63-66-69-72-75-78-81-84-87-90-93-96-99-111(116)123-102-108(114)103-125-130(119,120)126-104-109(115)105-127-131(121,122)128-107-110(129-113(118)101-98-95-92-89-86-83-80-77-74-71-68-65-62-57-48-45-42-39-36-33-30-27-24-21-18-15-12-9-6-3)106-124-112(117)100-97-94-91-88-85-82-79-76-73-70-67-64-61-58-55-50-47-44-41-38-35-32-29-26-23-20-17-14-11-8-5-2/h9,12,16-21,25-30,34-39,43-48,108-110,114-115H,4-8,10-11,13-15,22-24,31-33,40-42,49-107H2,1-3H3,(H,119,120)(H,121,122)/b12-9-,19-16-,20-17-,21-18-,28-25-,29-26-,30-27-,37-34-,38-35-,39-36-,46-43-,47-44-,48-45-. The molecule has 0 rings (SSSR count).